The minimum absolute atomic E-state index is 0.167. The maximum atomic E-state index is 13.6. The highest BCUT2D eigenvalue weighted by molar-refractivity contribution is 7.92. The van der Waals surface area contributed by atoms with E-state index in [1.54, 1.807) is 25.1 Å². The third-order valence-electron chi connectivity index (χ3n) is 5.96. The number of carbonyl (C=O) groups excluding carboxylic acids is 2. The molecule has 2 amide bonds. The Morgan fingerprint density at radius 2 is 1.72 bits per heavy atom. The lowest BCUT2D eigenvalue weighted by molar-refractivity contribution is -0.139. The van der Waals surface area contributed by atoms with E-state index in [4.69, 9.17) is 9.47 Å². The van der Waals surface area contributed by atoms with E-state index < -0.39 is 28.5 Å². The van der Waals surface area contributed by atoms with Gasteiger partial charge in [0.25, 0.3) is 0 Å². The number of sulfonamides is 1. The maximum absolute atomic E-state index is 13.6. The predicted molar refractivity (Wildman–Crippen MR) is 139 cm³/mol. The topological polar surface area (TPSA) is 105 Å². The fourth-order valence-electron chi connectivity index (χ4n) is 3.81. The van der Waals surface area contributed by atoms with Crippen LogP contribution in [0, 0.1) is 6.92 Å². The van der Waals surface area contributed by atoms with E-state index in [0.29, 0.717) is 31.3 Å². The van der Waals surface area contributed by atoms with Crippen molar-refractivity contribution in [2.24, 2.45) is 0 Å². The number of fused-ring (bicyclic) bond motifs is 1. The van der Waals surface area contributed by atoms with Gasteiger partial charge in [-0.3, -0.25) is 13.9 Å². The van der Waals surface area contributed by atoms with Crippen LogP contribution in [0.2, 0.25) is 0 Å². The van der Waals surface area contributed by atoms with Gasteiger partial charge in [-0.25, -0.2) is 8.42 Å². The first-order valence-corrected chi connectivity index (χ1v) is 13.9. The zero-order valence-electron chi connectivity index (χ0n) is 21.3. The van der Waals surface area contributed by atoms with Gasteiger partial charge >= 0.3 is 0 Å². The molecule has 36 heavy (non-hydrogen) atoms. The number of unbranched alkanes of at least 4 members (excludes halogenated alkanes) is 1. The number of carbonyl (C=O) groups is 2. The highest BCUT2D eigenvalue weighted by Gasteiger charge is 2.30. The predicted octanol–water partition coefficient (Wildman–Crippen LogP) is 2.87. The normalized spacial score (nSPS) is 13.6. The molecule has 0 unspecified atom stereocenters. The number of anilines is 1. The molecule has 196 valence electrons. The van der Waals surface area contributed by atoms with E-state index in [1.807, 2.05) is 38.1 Å². The van der Waals surface area contributed by atoms with Crippen LogP contribution in [0.15, 0.2) is 42.5 Å². The molecule has 0 saturated carbocycles. The van der Waals surface area contributed by atoms with E-state index in [2.05, 4.69) is 5.32 Å². The summed E-state index contributed by atoms with van der Waals surface area (Å²) in [5, 5.41) is 2.87. The second-order valence-corrected chi connectivity index (χ2v) is 10.8. The first-order valence-electron chi connectivity index (χ1n) is 12.1. The average molecular weight is 518 g/mol. The van der Waals surface area contributed by atoms with Gasteiger partial charge in [-0.2, -0.15) is 0 Å². The number of nitrogens with one attached hydrogen (secondary N) is 1. The van der Waals surface area contributed by atoms with E-state index in [1.165, 1.54) is 4.90 Å². The molecule has 1 N–H and O–H groups in total. The second kappa shape index (κ2) is 12.1. The summed E-state index contributed by atoms with van der Waals surface area (Å²) in [6, 6.07) is 11.6. The van der Waals surface area contributed by atoms with E-state index in [9.17, 15) is 18.0 Å². The second-order valence-electron chi connectivity index (χ2n) is 8.93. The number of amides is 2. The molecule has 0 fully saturated rings. The highest BCUT2D eigenvalue weighted by atomic mass is 32.2. The summed E-state index contributed by atoms with van der Waals surface area (Å²) >= 11 is 0. The Balaban J connectivity index is 1.88. The third-order valence-corrected chi connectivity index (χ3v) is 7.10. The molecule has 0 aromatic heterocycles. The first kappa shape index (κ1) is 27.3. The van der Waals surface area contributed by atoms with Gasteiger partial charge in [0.15, 0.2) is 11.5 Å². The third kappa shape index (κ3) is 7.13. The van der Waals surface area contributed by atoms with Crippen LogP contribution < -0.4 is 19.1 Å². The molecule has 0 spiro atoms. The van der Waals surface area contributed by atoms with Crippen LogP contribution in [0.4, 0.5) is 5.69 Å². The van der Waals surface area contributed by atoms with E-state index in [0.717, 1.165) is 34.5 Å². The highest BCUT2D eigenvalue weighted by Crippen LogP contribution is 2.34. The minimum atomic E-state index is -3.83. The molecule has 0 radical (unpaired) electrons. The molecular formula is C26H35N3O6S. The Morgan fingerprint density at radius 3 is 2.36 bits per heavy atom. The molecular weight excluding hydrogens is 482 g/mol. The fraction of sp³-hybridized carbons (Fsp3) is 0.462. The van der Waals surface area contributed by atoms with Crippen molar-refractivity contribution in [2.45, 2.75) is 46.2 Å². The quantitative estimate of drug-likeness (QED) is 0.460. The summed E-state index contributed by atoms with van der Waals surface area (Å²) in [5.74, 6) is 0.159. The largest absolute Gasteiger partial charge is 0.486 e. The molecule has 3 rings (SSSR count). The lowest BCUT2D eigenvalue weighted by atomic mass is 10.1. The molecule has 9 nitrogen and oxygen atoms in total. The number of ether oxygens (including phenoxy) is 2. The molecule has 2 aromatic carbocycles. The fourth-order valence-corrected chi connectivity index (χ4v) is 4.65. The van der Waals surface area contributed by atoms with Crippen molar-refractivity contribution in [3.8, 4) is 11.5 Å². The Kier molecular flexibility index (Phi) is 9.19. The summed E-state index contributed by atoms with van der Waals surface area (Å²) in [5.41, 5.74) is 2.20. The Morgan fingerprint density at radius 1 is 1.06 bits per heavy atom. The van der Waals surface area contributed by atoms with Gasteiger partial charge in [0.2, 0.25) is 21.8 Å². The van der Waals surface area contributed by atoms with Crippen LogP contribution in [0.1, 0.15) is 37.8 Å². The number of benzene rings is 2. The molecule has 0 bridgehead atoms. The maximum Gasteiger partial charge on any atom is 0.244 e. The van der Waals surface area contributed by atoms with Gasteiger partial charge in [0, 0.05) is 19.2 Å². The minimum Gasteiger partial charge on any atom is -0.486 e. The zero-order chi connectivity index (χ0) is 26.3. The summed E-state index contributed by atoms with van der Waals surface area (Å²) in [4.78, 5) is 27.9. The number of hydrogen-bond acceptors (Lipinski definition) is 6. The standard InChI is InChI=1S/C26H35N3O6S/c1-5-6-13-27-26(31)20(3)28(17-21-9-7-19(2)8-10-21)25(30)18-29(36(4,32)33)22-11-12-23-24(16-22)35-15-14-34-23/h7-12,16,20H,5-6,13-15,17-18H2,1-4H3,(H,27,31)/t20-/m0/s1. The molecule has 0 saturated heterocycles. The van der Waals surface area contributed by atoms with Crippen molar-refractivity contribution in [1.29, 1.82) is 0 Å². The molecule has 1 aliphatic heterocycles. The molecule has 1 aliphatic rings. The van der Waals surface area contributed by atoms with Gasteiger partial charge < -0.3 is 19.7 Å². The van der Waals surface area contributed by atoms with Crippen molar-refractivity contribution >= 4 is 27.5 Å². The summed E-state index contributed by atoms with van der Waals surface area (Å²) in [7, 11) is -3.83. The Labute approximate surface area is 213 Å². The van der Waals surface area contributed by atoms with E-state index in [-0.39, 0.29) is 18.1 Å². The Hall–Kier alpha value is -3.27. The Bertz CT molecular complexity index is 1170. The van der Waals surface area contributed by atoms with Gasteiger partial charge in [-0.15, -0.1) is 0 Å². The van der Waals surface area contributed by atoms with Gasteiger partial charge in [0.1, 0.15) is 25.8 Å². The molecule has 1 atom stereocenters. The number of rotatable bonds is 11. The van der Waals surface area contributed by atoms with Gasteiger partial charge in [0.05, 0.1) is 11.9 Å². The number of aryl methyl sites for hydroxylation is 1. The van der Waals surface area contributed by atoms with Crippen molar-refractivity contribution in [2.75, 3.05) is 36.9 Å². The van der Waals surface area contributed by atoms with Crippen molar-refractivity contribution in [1.82, 2.24) is 10.2 Å². The molecule has 0 aliphatic carbocycles. The SMILES string of the molecule is CCCCNC(=O)[C@H](C)N(Cc1ccc(C)cc1)C(=O)CN(c1ccc2c(c1)OCCO2)S(C)(=O)=O. The van der Waals surface area contributed by atoms with Crippen LogP contribution >= 0.6 is 0 Å². The van der Waals surface area contributed by atoms with Crippen LogP contribution in [-0.4, -0.2) is 63.7 Å². The zero-order valence-corrected chi connectivity index (χ0v) is 22.1. The molecule has 1 heterocycles. The average Bonchev–Trinajstić information content (AvgIpc) is 2.85. The lowest BCUT2D eigenvalue weighted by Crippen LogP contribution is -2.51. The summed E-state index contributed by atoms with van der Waals surface area (Å²) in [6.45, 7) is 6.63. The first-order chi connectivity index (χ1) is 17.1. The van der Waals surface area contributed by atoms with Crippen LogP contribution in [-0.2, 0) is 26.2 Å². The van der Waals surface area contributed by atoms with Gasteiger partial charge in [-0.1, -0.05) is 43.2 Å². The van der Waals surface area contributed by atoms with Crippen LogP contribution in [0.3, 0.4) is 0 Å². The number of nitrogens with zero attached hydrogens (tertiary/aromatic N) is 2. The summed E-state index contributed by atoms with van der Waals surface area (Å²) in [6.07, 6.45) is 2.80. The lowest BCUT2D eigenvalue weighted by Gasteiger charge is -2.31. The van der Waals surface area contributed by atoms with Crippen LogP contribution in [0.25, 0.3) is 0 Å². The van der Waals surface area contributed by atoms with Gasteiger partial charge in [-0.05, 0) is 38.0 Å². The monoisotopic (exact) mass is 517 g/mol. The summed E-state index contributed by atoms with van der Waals surface area (Å²) < 4.78 is 37.6. The van der Waals surface area contributed by atoms with Crippen molar-refractivity contribution < 1.29 is 27.5 Å². The molecule has 2 aromatic rings. The van der Waals surface area contributed by atoms with E-state index >= 15 is 0 Å². The van der Waals surface area contributed by atoms with Crippen molar-refractivity contribution in [3.05, 3.63) is 53.6 Å². The van der Waals surface area contributed by atoms with Crippen molar-refractivity contribution in [3.63, 3.8) is 0 Å². The van der Waals surface area contributed by atoms with Crippen LogP contribution in [0.5, 0.6) is 11.5 Å². The smallest absolute Gasteiger partial charge is 0.244 e. The number of hydrogen-bond donors (Lipinski definition) is 1. The molecule has 10 heteroatoms.